The van der Waals surface area contributed by atoms with Gasteiger partial charge in [0.1, 0.15) is 0 Å². The lowest BCUT2D eigenvalue weighted by Gasteiger charge is -2.12. The first kappa shape index (κ1) is 24.2. The molecule has 1 aliphatic carbocycles. The third kappa shape index (κ3) is 3.01. The van der Waals surface area contributed by atoms with Gasteiger partial charge in [0.05, 0.1) is 22.1 Å². The standard InChI is InChI=1S/C44H26N2/c1-2-12-28(13-3-1)45-38-20-9-8-17-33(38)34-23-22-29(25-40(34)45)46-39-24-21-27-11-4-5-14-30(27)43(39)44-36-19-10-18-35-31-15-6-7-16-32(31)37(42(35)36)26-41(44)46/h1-26H. The van der Waals surface area contributed by atoms with E-state index in [1.165, 1.54) is 93.1 Å². The molecule has 11 rings (SSSR count). The Bertz CT molecular complexity index is 2900. The highest BCUT2D eigenvalue weighted by molar-refractivity contribution is 6.33. The number of benzene rings is 8. The average molecular weight is 583 g/mol. The molecule has 0 saturated heterocycles. The maximum absolute atomic E-state index is 2.51. The molecular weight excluding hydrogens is 556 g/mol. The number of nitrogens with zero attached hydrogens (tertiary/aromatic N) is 2. The predicted molar refractivity (Wildman–Crippen MR) is 195 cm³/mol. The predicted octanol–water partition coefficient (Wildman–Crippen LogP) is 11.8. The van der Waals surface area contributed by atoms with Crippen molar-refractivity contribution in [2.45, 2.75) is 0 Å². The summed E-state index contributed by atoms with van der Waals surface area (Å²) in [5.74, 6) is 0. The zero-order valence-corrected chi connectivity index (χ0v) is 24.9. The Balaban J connectivity index is 1.33. The second kappa shape index (κ2) is 8.74. The molecule has 0 fully saturated rings. The third-order valence-electron chi connectivity index (χ3n) is 10.2. The van der Waals surface area contributed by atoms with Gasteiger partial charge in [-0.1, -0.05) is 115 Å². The van der Waals surface area contributed by atoms with Gasteiger partial charge >= 0.3 is 0 Å². The molecule has 0 aliphatic heterocycles. The monoisotopic (exact) mass is 582 g/mol. The van der Waals surface area contributed by atoms with Gasteiger partial charge in [-0.2, -0.15) is 0 Å². The van der Waals surface area contributed by atoms with Gasteiger partial charge in [0.2, 0.25) is 0 Å². The highest BCUT2D eigenvalue weighted by atomic mass is 15.0. The van der Waals surface area contributed by atoms with Crippen molar-refractivity contribution < 1.29 is 0 Å². The van der Waals surface area contributed by atoms with Crippen molar-refractivity contribution in [1.29, 1.82) is 0 Å². The highest BCUT2D eigenvalue weighted by Gasteiger charge is 2.26. The van der Waals surface area contributed by atoms with Crippen molar-refractivity contribution in [3.63, 3.8) is 0 Å². The van der Waals surface area contributed by atoms with Crippen molar-refractivity contribution >= 4 is 65.2 Å². The number of hydrogen-bond acceptors (Lipinski definition) is 0. The van der Waals surface area contributed by atoms with E-state index >= 15 is 0 Å². The van der Waals surface area contributed by atoms with E-state index in [4.69, 9.17) is 0 Å². The molecule has 46 heavy (non-hydrogen) atoms. The molecule has 212 valence electrons. The van der Waals surface area contributed by atoms with E-state index in [9.17, 15) is 0 Å². The lowest BCUT2D eigenvalue weighted by Crippen LogP contribution is -1.97. The van der Waals surface area contributed by atoms with Gasteiger partial charge in [-0.25, -0.2) is 0 Å². The first-order valence-corrected chi connectivity index (χ1v) is 16.0. The van der Waals surface area contributed by atoms with Gasteiger partial charge in [-0.3, -0.25) is 0 Å². The fraction of sp³-hybridized carbons (Fsp3) is 0. The van der Waals surface area contributed by atoms with Gasteiger partial charge in [0.15, 0.2) is 0 Å². The summed E-state index contributed by atoms with van der Waals surface area (Å²) in [5, 5.41) is 10.4. The summed E-state index contributed by atoms with van der Waals surface area (Å²) < 4.78 is 4.92. The van der Waals surface area contributed by atoms with E-state index in [0.717, 1.165) is 5.69 Å². The smallest absolute Gasteiger partial charge is 0.0561 e. The lowest BCUT2D eigenvalue weighted by molar-refractivity contribution is 1.16. The zero-order chi connectivity index (χ0) is 29.9. The van der Waals surface area contributed by atoms with Crippen LogP contribution in [0.2, 0.25) is 0 Å². The van der Waals surface area contributed by atoms with Crippen LogP contribution in [0.15, 0.2) is 158 Å². The number of rotatable bonds is 2. The van der Waals surface area contributed by atoms with Crippen LogP contribution in [0.1, 0.15) is 0 Å². The summed E-state index contributed by atoms with van der Waals surface area (Å²) in [6.07, 6.45) is 0. The number of para-hydroxylation sites is 2. The Kier molecular flexibility index (Phi) is 4.61. The topological polar surface area (TPSA) is 9.86 Å². The lowest BCUT2D eigenvalue weighted by atomic mass is 9.96. The maximum atomic E-state index is 2.51. The molecule has 0 atom stereocenters. The summed E-state index contributed by atoms with van der Waals surface area (Å²) in [5.41, 5.74) is 12.5. The molecule has 0 amide bonds. The molecule has 2 nitrogen and oxygen atoms in total. The Morgan fingerprint density at radius 2 is 0.935 bits per heavy atom. The first-order valence-electron chi connectivity index (χ1n) is 16.0. The molecule has 0 bridgehead atoms. The van der Waals surface area contributed by atoms with Crippen molar-refractivity contribution in [2.75, 3.05) is 0 Å². The second-order valence-corrected chi connectivity index (χ2v) is 12.5. The zero-order valence-electron chi connectivity index (χ0n) is 24.9. The summed E-state index contributed by atoms with van der Waals surface area (Å²) in [7, 11) is 0. The molecule has 0 N–H and O–H groups in total. The maximum Gasteiger partial charge on any atom is 0.0561 e. The van der Waals surface area contributed by atoms with Crippen LogP contribution in [0.4, 0.5) is 0 Å². The van der Waals surface area contributed by atoms with Crippen LogP contribution in [-0.2, 0) is 0 Å². The van der Waals surface area contributed by atoms with Crippen LogP contribution >= 0.6 is 0 Å². The SMILES string of the molecule is c1ccc(-n2c3ccccc3c3ccc(-n4c5ccc6ccccc6c5c5c6cccc7c6c(cc54)-c4ccccc4-7)cc32)cc1. The summed E-state index contributed by atoms with van der Waals surface area (Å²) >= 11 is 0. The molecule has 2 heterocycles. The van der Waals surface area contributed by atoms with Gasteiger partial charge in [-0.05, 0) is 86.3 Å². The molecule has 10 aromatic rings. The van der Waals surface area contributed by atoms with Crippen LogP contribution in [-0.4, -0.2) is 9.13 Å². The summed E-state index contributed by atoms with van der Waals surface area (Å²) in [6, 6.07) is 58.1. The van der Waals surface area contributed by atoms with E-state index in [0.29, 0.717) is 0 Å². The average Bonchev–Trinajstić information content (AvgIpc) is 3.75. The van der Waals surface area contributed by atoms with E-state index in [2.05, 4.69) is 167 Å². The Hall–Kier alpha value is -6.12. The molecule has 2 aromatic heterocycles. The number of aromatic nitrogens is 2. The van der Waals surface area contributed by atoms with E-state index in [1.807, 2.05) is 0 Å². The molecule has 2 heteroatoms. The quantitative estimate of drug-likeness (QED) is 0.192. The minimum absolute atomic E-state index is 1.16. The van der Waals surface area contributed by atoms with Crippen LogP contribution in [0.5, 0.6) is 0 Å². The van der Waals surface area contributed by atoms with Crippen LogP contribution < -0.4 is 0 Å². The second-order valence-electron chi connectivity index (χ2n) is 12.5. The summed E-state index contributed by atoms with van der Waals surface area (Å²) in [4.78, 5) is 0. The molecule has 0 spiro atoms. The Morgan fingerprint density at radius 3 is 1.83 bits per heavy atom. The third-order valence-corrected chi connectivity index (χ3v) is 10.2. The van der Waals surface area contributed by atoms with Crippen molar-refractivity contribution in [1.82, 2.24) is 9.13 Å². The molecule has 1 aliphatic rings. The molecule has 8 aromatic carbocycles. The van der Waals surface area contributed by atoms with E-state index in [-0.39, 0.29) is 0 Å². The summed E-state index contributed by atoms with van der Waals surface area (Å²) in [6.45, 7) is 0. The van der Waals surface area contributed by atoms with Crippen LogP contribution in [0, 0.1) is 0 Å². The Labute approximate surface area is 265 Å². The first-order chi connectivity index (χ1) is 22.8. The van der Waals surface area contributed by atoms with Gasteiger partial charge in [-0.15, -0.1) is 0 Å². The molecular formula is C44H26N2. The largest absolute Gasteiger partial charge is 0.309 e. The molecule has 0 saturated carbocycles. The van der Waals surface area contributed by atoms with Crippen molar-refractivity contribution in [3.05, 3.63) is 158 Å². The van der Waals surface area contributed by atoms with Crippen LogP contribution in [0.25, 0.3) is 98.8 Å². The Morgan fingerprint density at radius 1 is 0.283 bits per heavy atom. The minimum Gasteiger partial charge on any atom is -0.309 e. The number of hydrogen-bond donors (Lipinski definition) is 0. The number of fused-ring (bicyclic) bond motifs is 12. The van der Waals surface area contributed by atoms with E-state index < -0.39 is 0 Å². The van der Waals surface area contributed by atoms with Crippen molar-refractivity contribution in [3.8, 4) is 33.6 Å². The van der Waals surface area contributed by atoms with Gasteiger partial charge < -0.3 is 9.13 Å². The van der Waals surface area contributed by atoms with Gasteiger partial charge in [0, 0.05) is 32.9 Å². The highest BCUT2D eigenvalue weighted by Crippen LogP contribution is 2.52. The fourth-order valence-corrected chi connectivity index (χ4v) is 8.37. The molecule has 0 radical (unpaired) electrons. The normalized spacial score (nSPS) is 12.3. The van der Waals surface area contributed by atoms with Gasteiger partial charge in [0.25, 0.3) is 0 Å². The van der Waals surface area contributed by atoms with Crippen LogP contribution in [0.3, 0.4) is 0 Å². The minimum atomic E-state index is 1.16. The van der Waals surface area contributed by atoms with E-state index in [1.54, 1.807) is 0 Å². The molecule has 0 unspecified atom stereocenters. The fourth-order valence-electron chi connectivity index (χ4n) is 8.37. The van der Waals surface area contributed by atoms with Crippen molar-refractivity contribution in [2.24, 2.45) is 0 Å².